The fourth-order valence-corrected chi connectivity index (χ4v) is 5.34. The number of halogens is 1. The normalized spacial score (nSPS) is 14.8. The minimum atomic E-state index is -3.43. The van der Waals surface area contributed by atoms with Crippen molar-refractivity contribution in [3.8, 4) is 0 Å². The number of likely N-dealkylation sites (tertiary alicyclic amines) is 1. The SMILES string of the molecule is O=C(CCc1cccc2ccccc12)N1CC(S(=O)(=O)c2ccc(Cl)cc2)C1. The highest BCUT2D eigenvalue weighted by Crippen LogP contribution is 2.26. The van der Waals surface area contributed by atoms with Crippen LogP contribution in [0.5, 0.6) is 0 Å². The van der Waals surface area contributed by atoms with E-state index in [4.69, 9.17) is 11.6 Å². The molecular formula is C22H20ClNO3S. The Balaban J connectivity index is 1.37. The van der Waals surface area contributed by atoms with Crippen LogP contribution in [0.1, 0.15) is 12.0 Å². The second kappa shape index (κ2) is 7.57. The third-order valence-corrected chi connectivity index (χ3v) is 7.63. The van der Waals surface area contributed by atoms with Crippen LogP contribution in [-0.4, -0.2) is 37.6 Å². The Morgan fingerprint density at radius 1 is 0.964 bits per heavy atom. The van der Waals surface area contributed by atoms with Gasteiger partial charge in [-0.3, -0.25) is 4.79 Å². The van der Waals surface area contributed by atoms with Gasteiger partial charge in [-0.25, -0.2) is 8.42 Å². The lowest BCUT2D eigenvalue weighted by atomic mass is 10.0. The topological polar surface area (TPSA) is 54.5 Å². The first-order chi connectivity index (χ1) is 13.4. The van der Waals surface area contributed by atoms with E-state index in [0.29, 0.717) is 17.9 Å². The molecule has 144 valence electrons. The molecule has 3 aromatic rings. The fourth-order valence-electron chi connectivity index (χ4n) is 3.56. The maximum atomic E-state index is 12.6. The standard InChI is InChI=1S/C22H20ClNO3S/c23-18-9-11-19(12-10-18)28(26,27)20-14-24(15-20)22(25)13-8-17-6-3-5-16-4-1-2-7-21(16)17/h1-7,9-12,20H,8,13-15H2. The summed E-state index contributed by atoms with van der Waals surface area (Å²) < 4.78 is 25.3. The first kappa shape index (κ1) is 19.0. The van der Waals surface area contributed by atoms with Crippen molar-refractivity contribution in [2.45, 2.75) is 23.0 Å². The van der Waals surface area contributed by atoms with Crippen molar-refractivity contribution in [2.24, 2.45) is 0 Å². The molecule has 1 heterocycles. The van der Waals surface area contributed by atoms with Crippen molar-refractivity contribution in [3.05, 3.63) is 77.3 Å². The van der Waals surface area contributed by atoms with Crippen LogP contribution in [0.25, 0.3) is 10.8 Å². The van der Waals surface area contributed by atoms with Gasteiger partial charge in [-0.15, -0.1) is 0 Å². The largest absolute Gasteiger partial charge is 0.340 e. The summed E-state index contributed by atoms with van der Waals surface area (Å²) in [6, 6.07) is 20.4. The molecular weight excluding hydrogens is 394 g/mol. The average molecular weight is 414 g/mol. The van der Waals surface area contributed by atoms with E-state index in [1.165, 1.54) is 12.1 Å². The summed E-state index contributed by atoms with van der Waals surface area (Å²) in [6.45, 7) is 0.499. The Morgan fingerprint density at radius 3 is 2.39 bits per heavy atom. The maximum Gasteiger partial charge on any atom is 0.222 e. The molecule has 1 amide bonds. The van der Waals surface area contributed by atoms with Crippen LogP contribution in [0, 0.1) is 0 Å². The number of carbonyl (C=O) groups is 1. The molecule has 1 aliphatic rings. The number of hydrogen-bond donors (Lipinski definition) is 0. The van der Waals surface area contributed by atoms with Gasteiger partial charge in [-0.05, 0) is 47.0 Å². The van der Waals surface area contributed by atoms with Crippen LogP contribution in [-0.2, 0) is 21.1 Å². The smallest absolute Gasteiger partial charge is 0.222 e. The third kappa shape index (κ3) is 3.64. The van der Waals surface area contributed by atoms with Gasteiger partial charge < -0.3 is 4.90 Å². The number of hydrogen-bond acceptors (Lipinski definition) is 3. The highest BCUT2D eigenvalue weighted by Gasteiger charge is 2.40. The molecule has 0 spiro atoms. The molecule has 6 heteroatoms. The minimum Gasteiger partial charge on any atom is -0.340 e. The lowest BCUT2D eigenvalue weighted by Crippen LogP contribution is -2.56. The Hall–Kier alpha value is -2.37. The highest BCUT2D eigenvalue weighted by atomic mass is 35.5. The summed E-state index contributed by atoms with van der Waals surface area (Å²) in [7, 11) is -3.43. The van der Waals surface area contributed by atoms with Crippen LogP contribution in [0.2, 0.25) is 5.02 Å². The number of aryl methyl sites for hydroxylation is 1. The average Bonchev–Trinajstić information content (AvgIpc) is 2.65. The molecule has 0 saturated carbocycles. The zero-order chi connectivity index (χ0) is 19.7. The Labute approximate surface area is 169 Å². The van der Waals surface area contributed by atoms with E-state index in [1.54, 1.807) is 17.0 Å². The van der Waals surface area contributed by atoms with Crippen LogP contribution in [0.4, 0.5) is 0 Å². The second-order valence-electron chi connectivity index (χ2n) is 7.06. The van der Waals surface area contributed by atoms with Gasteiger partial charge in [-0.1, -0.05) is 54.1 Å². The highest BCUT2D eigenvalue weighted by molar-refractivity contribution is 7.92. The monoisotopic (exact) mass is 413 g/mol. The van der Waals surface area contributed by atoms with Gasteiger partial charge in [0.15, 0.2) is 9.84 Å². The van der Waals surface area contributed by atoms with Gasteiger partial charge in [0, 0.05) is 24.5 Å². The molecule has 1 saturated heterocycles. The zero-order valence-electron chi connectivity index (χ0n) is 15.2. The molecule has 28 heavy (non-hydrogen) atoms. The Kier molecular flexibility index (Phi) is 5.13. The molecule has 1 aliphatic heterocycles. The van der Waals surface area contributed by atoms with Crippen molar-refractivity contribution < 1.29 is 13.2 Å². The van der Waals surface area contributed by atoms with E-state index >= 15 is 0 Å². The molecule has 3 aromatic carbocycles. The molecule has 0 atom stereocenters. The summed E-state index contributed by atoms with van der Waals surface area (Å²) in [5.74, 6) is -0.00418. The second-order valence-corrected chi connectivity index (χ2v) is 9.72. The lowest BCUT2D eigenvalue weighted by Gasteiger charge is -2.38. The van der Waals surface area contributed by atoms with Crippen molar-refractivity contribution in [2.75, 3.05) is 13.1 Å². The number of carbonyl (C=O) groups excluding carboxylic acids is 1. The summed E-state index contributed by atoms with van der Waals surface area (Å²) >= 11 is 5.83. The van der Waals surface area contributed by atoms with Crippen molar-refractivity contribution in [1.82, 2.24) is 4.90 Å². The van der Waals surface area contributed by atoms with Crippen LogP contribution < -0.4 is 0 Å². The number of benzene rings is 3. The summed E-state index contributed by atoms with van der Waals surface area (Å²) in [5, 5.41) is 2.27. The molecule has 4 nitrogen and oxygen atoms in total. The van der Waals surface area contributed by atoms with Gasteiger partial charge in [0.1, 0.15) is 5.25 Å². The van der Waals surface area contributed by atoms with E-state index < -0.39 is 15.1 Å². The van der Waals surface area contributed by atoms with E-state index in [2.05, 4.69) is 18.2 Å². The van der Waals surface area contributed by atoms with Crippen LogP contribution >= 0.6 is 11.6 Å². The number of sulfone groups is 1. The van der Waals surface area contributed by atoms with Crippen molar-refractivity contribution in [3.63, 3.8) is 0 Å². The van der Waals surface area contributed by atoms with Crippen molar-refractivity contribution in [1.29, 1.82) is 0 Å². The number of rotatable bonds is 5. The summed E-state index contributed by atoms with van der Waals surface area (Å²) in [4.78, 5) is 14.4. The maximum absolute atomic E-state index is 12.6. The number of amides is 1. The molecule has 0 unspecified atom stereocenters. The van der Waals surface area contributed by atoms with E-state index in [1.807, 2.05) is 24.3 Å². The van der Waals surface area contributed by atoms with Crippen molar-refractivity contribution >= 4 is 38.1 Å². The third-order valence-electron chi connectivity index (χ3n) is 5.27. The van der Waals surface area contributed by atoms with Gasteiger partial charge in [-0.2, -0.15) is 0 Å². The predicted octanol–water partition coefficient (Wildman–Crippen LogP) is 4.11. The van der Waals surface area contributed by atoms with Crippen LogP contribution in [0.15, 0.2) is 71.6 Å². The van der Waals surface area contributed by atoms with Crippen LogP contribution in [0.3, 0.4) is 0 Å². The molecule has 0 radical (unpaired) electrons. The fraction of sp³-hybridized carbons (Fsp3) is 0.227. The van der Waals surface area contributed by atoms with E-state index in [-0.39, 0.29) is 23.9 Å². The van der Waals surface area contributed by atoms with E-state index in [9.17, 15) is 13.2 Å². The summed E-state index contributed by atoms with van der Waals surface area (Å²) in [6.07, 6.45) is 1.02. The van der Waals surface area contributed by atoms with Gasteiger partial charge in [0.25, 0.3) is 0 Å². The summed E-state index contributed by atoms with van der Waals surface area (Å²) in [5.41, 5.74) is 1.14. The molecule has 1 fully saturated rings. The zero-order valence-corrected chi connectivity index (χ0v) is 16.8. The van der Waals surface area contributed by atoms with Gasteiger partial charge in [0.2, 0.25) is 5.91 Å². The number of fused-ring (bicyclic) bond motifs is 1. The van der Waals surface area contributed by atoms with Gasteiger partial charge >= 0.3 is 0 Å². The molecule has 4 rings (SSSR count). The quantitative estimate of drug-likeness (QED) is 0.632. The first-order valence-corrected chi connectivity index (χ1v) is 11.1. The van der Waals surface area contributed by atoms with E-state index in [0.717, 1.165) is 16.3 Å². The Morgan fingerprint density at radius 2 is 1.64 bits per heavy atom. The Bertz CT molecular complexity index is 1110. The molecule has 0 N–H and O–H groups in total. The molecule has 0 aromatic heterocycles. The first-order valence-electron chi connectivity index (χ1n) is 9.19. The van der Waals surface area contributed by atoms with Gasteiger partial charge in [0.05, 0.1) is 4.90 Å². The lowest BCUT2D eigenvalue weighted by molar-refractivity contribution is -0.134. The molecule has 0 bridgehead atoms. The predicted molar refractivity (Wildman–Crippen MR) is 111 cm³/mol. The molecule has 0 aliphatic carbocycles. The number of nitrogens with zero attached hydrogens (tertiary/aromatic N) is 1. The minimum absolute atomic E-state index is 0.00418.